The SMILES string of the molecule is CN(C)CCOc1cc(O)ccc1N. The van der Waals surface area contributed by atoms with E-state index in [0.717, 1.165) is 6.54 Å². The monoisotopic (exact) mass is 196 g/mol. The lowest BCUT2D eigenvalue weighted by Crippen LogP contribution is -2.19. The zero-order valence-electron chi connectivity index (χ0n) is 8.53. The number of anilines is 1. The van der Waals surface area contributed by atoms with E-state index in [4.69, 9.17) is 10.5 Å². The molecule has 0 atom stereocenters. The molecule has 1 aromatic carbocycles. The van der Waals surface area contributed by atoms with E-state index in [-0.39, 0.29) is 5.75 Å². The van der Waals surface area contributed by atoms with Crippen molar-refractivity contribution in [2.45, 2.75) is 0 Å². The molecule has 0 saturated carbocycles. The van der Waals surface area contributed by atoms with Gasteiger partial charge in [0.25, 0.3) is 0 Å². The summed E-state index contributed by atoms with van der Waals surface area (Å²) in [5.74, 6) is 0.700. The van der Waals surface area contributed by atoms with Crippen molar-refractivity contribution in [3.8, 4) is 11.5 Å². The molecule has 0 unspecified atom stereocenters. The number of phenols is 1. The van der Waals surface area contributed by atoms with Crippen LogP contribution in [0.1, 0.15) is 0 Å². The molecule has 0 bridgehead atoms. The Labute approximate surface area is 83.9 Å². The van der Waals surface area contributed by atoms with Crippen molar-refractivity contribution in [2.75, 3.05) is 33.0 Å². The summed E-state index contributed by atoms with van der Waals surface area (Å²) in [5, 5.41) is 9.20. The molecule has 0 fully saturated rings. The lowest BCUT2D eigenvalue weighted by atomic mass is 10.3. The van der Waals surface area contributed by atoms with Gasteiger partial charge in [0.15, 0.2) is 0 Å². The number of phenolic OH excluding ortho intramolecular Hbond substituents is 1. The molecule has 14 heavy (non-hydrogen) atoms. The minimum Gasteiger partial charge on any atom is -0.508 e. The van der Waals surface area contributed by atoms with Gasteiger partial charge in [-0.15, -0.1) is 0 Å². The molecule has 78 valence electrons. The van der Waals surface area contributed by atoms with Gasteiger partial charge in [-0.05, 0) is 26.2 Å². The third-order valence-corrected chi connectivity index (χ3v) is 1.79. The lowest BCUT2D eigenvalue weighted by molar-refractivity contribution is 0.261. The molecule has 0 aromatic heterocycles. The van der Waals surface area contributed by atoms with Gasteiger partial charge >= 0.3 is 0 Å². The van der Waals surface area contributed by atoms with Crippen LogP contribution in [0.15, 0.2) is 18.2 Å². The van der Waals surface area contributed by atoms with Crippen LogP contribution >= 0.6 is 0 Å². The largest absolute Gasteiger partial charge is 0.508 e. The van der Waals surface area contributed by atoms with E-state index in [1.165, 1.54) is 12.1 Å². The molecule has 0 spiro atoms. The van der Waals surface area contributed by atoms with Crippen LogP contribution in [0, 0.1) is 0 Å². The summed E-state index contributed by atoms with van der Waals surface area (Å²) in [6, 6.07) is 4.68. The minimum absolute atomic E-state index is 0.166. The van der Waals surface area contributed by atoms with Crippen LogP contribution in [0.3, 0.4) is 0 Å². The normalized spacial score (nSPS) is 10.5. The molecule has 4 heteroatoms. The number of rotatable bonds is 4. The van der Waals surface area contributed by atoms with Crippen molar-refractivity contribution >= 4 is 5.69 Å². The maximum Gasteiger partial charge on any atom is 0.145 e. The Morgan fingerprint density at radius 2 is 2.14 bits per heavy atom. The van der Waals surface area contributed by atoms with Gasteiger partial charge in [0, 0.05) is 12.6 Å². The molecule has 0 amide bonds. The molecule has 0 aliphatic carbocycles. The number of benzene rings is 1. The summed E-state index contributed by atoms with van der Waals surface area (Å²) in [4.78, 5) is 2.01. The van der Waals surface area contributed by atoms with Gasteiger partial charge in [-0.1, -0.05) is 0 Å². The number of ether oxygens (including phenoxy) is 1. The topological polar surface area (TPSA) is 58.7 Å². The van der Waals surface area contributed by atoms with Gasteiger partial charge < -0.3 is 20.5 Å². The quantitative estimate of drug-likeness (QED) is 0.555. The van der Waals surface area contributed by atoms with Gasteiger partial charge in [0.1, 0.15) is 18.1 Å². The summed E-state index contributed by atoms with van der Waals surface area (Å²) < 4.78 is 5.40. The van der Waals surface area contributed by atoms with Gasteiger partial charge in [0.2, 0.25) is 0 Å². The van der Waals surface area contributed by atoms with Crippen molar-refractivity contribution in [2.24, 2.45) is 0 Å². The number of hydrogen-bond acceptors (Lipinski definition) is 4. The van der Waals surface area contributed by atoms with Gasteiger partial charge in [0.05, 0.1) is 5.69 Å². The van der Waals surface area contributed by atoms with Crippen molar-refractivity contribution in [1.29, 1.82) is 0 Å². The second-order valence-electron chi connectivity index (χ2n) is 3.37. The van der Waals surface area contributed by atoms with Crippen molar-refractivity contribution in [3.63, 3.8) is 0 Å². The summed E-state index contributed by atoms with van der Waals surface area (Å²) in [5.41, 5.74) is 6.20. The van der Waals surface area contributed by atoms with E-state index in [1.54, 1.807) is 6.07 Å². The van der Waals surface area contributed by atoms with Crippen LogP contribution in [0.4, 0.5) is 5.69 Å². The summed E-state index contributed by atoms with van der Waals surface area (Å²) in [7, 11) is 3.93. The predicted octanol–water partition coefficient (Wildman–Crippen LogP) is 0.915. The molecule has 1 rings (SSSR count). The maximum absolute atomic E-state index is 9.20. The first-order chi connectivity index (χ1) is 6.59. The summed E-state index contributed by atoms with van der Waals surface area (Å²) >= 11 is 0. The first kappa shape index (κ1) is 10.7. The molecule has 4 nitrogen and oxygen atoms in total. The molecular weight excluding hydrogens is 180 g/mol. The zero-order valence-corrected chi connectivity index (χ0v) is 8.53. The van der Waals surface area contributed by atoms with E-state index in [1.807, 2.05) is 19.0 Å². The highest BCUT2D eigenvalue weighted by atomic mass is 16.5. The highest BCUT2D eigenvalue weighted by Crippen LogP contribution is 2.25. The number of likely N-dealkylation sites (N-methyl/N-ethyl adjacent to an activating group) is 1. The minimum atomic E-state index is 0.166. The second kappa shape index (κ2) is 4.72. The highest BCUT2D eigenvalue weighted by Gasteiger charge is 2.01. The van der Waals surface area contributed by atoms with Crippen LogP contribution in [0.25, 0.3) is 0 Å². The Morgan fingerprint density at radius 3 is 2.79 bits per heavy atom. The third kappa shape index (κ3) is 3.14. The van der Waals surface area contributed by atoms with Gasteiger partial charge in [-0.2, -0.15) is 0 Å². The smallest absolute Gasteiger partial charge is 0.145 e. The summed E-state index contributed by atoms with van der Waals surface area (Å²) in [6.07, 6.45) is 0. The number of aromatic hydroxyl groups is 1. The molecule has 0 heterocycles. The van der Waals surface area contributed by atoms with Crippen molar-refractivity contribution in [1.82, 2.24) is 4.90 Å². The van der Waals surface area contributed by atoms with E-state index >= 15 is 0 Å². The number of nitrogens with zero attached hydrogens (tertiary/aromatic N) is 1. The van der Waals surface area contributed by atoms with Gasteiger partial charge in [-0.3, -0.25) is 0 Å². The van der Waals surface area contributed by atoms with E-state index in [9.17, 15) is 5.11 Å². The van der Waals surface area contributed by atoms with Crippen LogP contribution < -0.4 is 10.5 Å². The van der Waals surface area contributed by atoms with Crippen molar-refractivity contribution in [3.05, 3.63) is 18.2 Å². The van der Waals surface area contributed by atoms with Crippen LogP contribution in [0.5, 0.6) is 11.5 Å². The summed E-state index contributed by atoms with van der Waals surface area (Å²) in [6.45, 7) is 1.37. The fourth-order valence-corrected chi connectivity index (χ4v) is 0.986. The Hall–Kier alpha value is -1.42. The van der Waals surface area contributed by atoms with E-state index < -0.39 is 0 Å². The van der Waals surface area contributed by atoms with Gasteiger partial charge in [-0.25, -0.2) is 0 Å². The molecule has 1 aromatic rings. The fourth-order valence-electron chi connectivity index (χ4n) is 0.986. The lowest BCUT2D eigenvalue weighted by Gasteiger charge is -2.12. The number of nitrogen functional groups attached to an aromatic ring is 1. The van der Waals surface area contributed by atoms with E-state index in [2.05, 4.69) is 0 Å². The fraction of sp³-hybridized carbons (Fsp3) is 0.400. The van der Waals surface area contributed by atoms with E-state index in [0.29, 0.717) is 18.0 Å². The average molecular weight is 196 g/mol. The third-order valence-electron chi connectivity index (χ3n) is 1.79. The van der Waals surface area contributed by atoms with Crippen LogP contribution in [-0.4, -0.2) is 37.3 Å². The predicted molar refractivity (Wildman–Crippen MR) is 56.6 cm³/mol. The Morgan fingerprint density at radius 1 is 1.43 bits per heavy atom. The standard InChI is InChI=1S/C10H16N2O2/c1-12(2)5-6-14-10-7-8(13)3-4-9(10)11/h3-4,7,13H,5-6,11H2,1-2H3. The Bertz CT molecular complexity index is 300. The first-order valence-electron chi connectivity index (χ1n) is 4.45. The zero-order chi connectivity index (χ0) is 10.6. The molecule has 0 aliphatic rings. The Kier molecular flexibility index (Phi) is 3.59. The molecule has 0 aliphatic heterocycles. The first-order valence-corrected chi connectivity index (χ1v) is 4.45. The van der Waals surface area contributed by atoms with Crippen LogP contribution in [-0.2, 0) is 0 Å². The van der Waals surface area contributed by atoms with Crippen molar-refractivity contribution < 1.29 is 9.84 Å². The highest BCUT2D eigenvalue weighted by molar-refractivity contribution is 5.55. The van der Waals surface area contributed by atoms with Crippen LogP contribution in [0.2, 0.25) is 0 Å². The maximum atomic E-state index is 9.20. The number of nitrogens with two attached hydrogens (primary N) is 1. The Balaban J connectivity index is 2.53. The molecule has 0 saturated heterocycles. The molecule has 3 N–H and O–H groups in total. The average Bonchev–Trinajstić information content (AvgIpc) is 2.10. The molecular formula is C10H16N2O2. The number of hydrogen-bond donors (Lipinski definition) is 2. The molecule has 0 radical (unpaired) electrons. The second-order valence-corrected chi connectivity index (χ2v) is 3.37.